The predicted octanol–water partition coefficient (Wildman–Crippen LogP) is 2.54. The Morgan fingerprint density at radius 3 is 2.44 bits per heavy atom. The number of ketones is 1. The van der Waals surface area contributed by atoms with Gasteiger partial charge in [0.1, 0.15) is 5.78 Å². The van der Waals surface area contributed by atoms with Crippen molar-refractivity contribution in [2.24, 2.45) is 5.92 Å². The van der Waals surface area contributed by atoms with Crippen LogP contribution in [0.25, 0.3) is 0 Å². The molecule has 0 aliphatic rings. The maximum Gasteiger partial charge on any atom is 0.335 e. The molecule has 0 saturated carbocycles. The molecule has 0 spiro atoms. The lowest BCUT2D eigenvalue weighted by Crippen LogP contribution is -2.10. The normalized spacial score (nSPS) is 10.4. The largest absolute Gasteiger partial charge is 0.478 e. The van der Waals surface area contributed by atoms with E-state index >= 15 is 0 Å². The number of carboxylic acids is 1. The highest BCUT2D eigenvalue weighted by atomic mass is 16.4. The zero-order valence-corrected chi connectivity index (χ0v) is 9.56. The highest BCUT2D eigenvalue weighted by molar-refractivity contribution is 5.89. The maximum absolute atomic E-state index is 11.4. The number of benzene rings is 1. The molecule has 3 nitrogen and oxygen atoms in total. The molecule has 16 heavy (non-hydrogen) atoms. The molecule has 0 unspecified atom stereocenters. The van der Waals surface area contributed by atoms with E-state index in [0.29, 0.717) is 18.4 Å². The van der Waals surface area contributed by atoms with Crippen LogP contribution in [0.15, 0.2) is 24.3 Å². The number of rotatable bonds is 5. The highest BCUT2D eigenvalue weighted by Crippen LogP contribution is 2.12. The Kier molecular flexibility index (Phi) is 4.23. The van der Waals surface area contributed by atoms with Crippen molar-refractivity contribution < 1.29 is 14.7 Å². The van der Waals surface area contributed by atoms with Crippen LogP contribution in [0.5, 0.6) is 0 Å². The lowest BCUT2D eigenvalue weighted by molar-refractivity contribution is -0.121. The van der Waals surface area contributed by atoms with E-state index in [-0.39, 0.29) is 11.7 Å². The van der Waals surface area contributed by atoms with Crippen molar-refractivity contribution in [1.82, 2.24) is 0 Å². The Balaban J connectivity index is 2.74. The van der Waals surface area contributed by atoms with Crippen LogP contribution < -0.4 is 0 Å². The van der Waals surface area contributed by atoms with E-state index in [2.05, 4.69) is 0 Å². The fraction of sp³-hybridized carbons (Fsp3) is 0.385. The number of carbonyl (C=O) groups is 2. The summed E-state index contributed by atoms with van der Waals surface area (Å²) in [6, 6.07) is 6.81. The molecule has 0 aliphatic heterocycles. The molecule has 0 aliphatic carbocycles. The number of hydrogen-bond acceptors (Lipinski definition) is 2. The molecule has 1 rings (SSSR count). The molecular weight excluding hydrogens is 204 g/mol. The van der Waals surface area contributed by atoms with Crippen molar-refractivity contribution in [1.29, 1.82) is 0 Å². The van der Waals surface area contributed by atoms with Crippen LogP contribution in [0.1, 0.15) is 36.2 Å². The summed E-state index contributed by atoms with van der Waals surface area (Å²) in [5, 5.41) is 8.96. The predicted molar refractivity (Wildman–Crippen MR) is 61.6 cm³/mol. The van der Waals surface area contributed by atoms with Crippen molar-refractivity contribution in [2.45, 2.75) is 26.7 Å². The Hall–Kier alpha value is -1.64. The zero-order chi connectivity index (χ0) is 12.1. The van der Waals surface area contributed by atoms with Crippen LogP contribution in [-0.2, 0) is 11.2 Å². The third kappa shape index (κ3) is 3.19. The first-order chi connectivity index (χ1) is 7.52. The van der Waals surface area contributed by atoms with Crippen LogP contribution in [0.3, 0.4) is 0 Å². The van der Waals surface area contributed by atoms with Crippen LogP contribution >= 0.6 is 0 Å². The first kappa shape index (κ1) is 12.4. The van der Waals surface area contributed by atoms with Crippen LogP contribution in [0.2, 0.25) is 0 Å². The number of Topliss-reactive ketones (excluding diaryl/α,β-unsaturated/α-hetero) is 1. The Morgan fingerprint density at radius 1 is 1.25 bits per heavy atom. The summed E-state index contributed by atoms with van der Waals surface area (Å²) in [4.78, 5) is 22.4. The van der Waals surface area contributed by atoms with E-state index in [4.69, 9.17) is 5.11 Å². The van der Waals surface area contributed by atoms with E-state index in [1.807, 2.05) is 13.8 Å². The maximum atomic E-state index is 11.4. The Labute approximate surface area is 95.1 Å². The number of aryl methyl sites for hydroxylation is 1. The molecule has 1 aromatic rings. The number of hydrogen-bond donors (Lipinski definition) is 1. The van der Waals surface area contributed by atoms with Crippen LogP contribution in [-0.4, -0.2) is 16.9 Å². The lowest BCUT2D eigenvalue weighted by Gasteiger charge is -2.06. The first-order valence-electron chi connectivity index (χ1n) is 5.36. The van der Waals surface area contributed by atoms with Gasteiger partial charge in [-0.05, 0) is 18.1 Å². The van der Waals surface area contributed by atoms with E-state index in [1.54, 1.807) is 24.3 Å². The molecule has 1 N–H and O–H groups in total. The minimum absolute atomic E-state index is 0.0111. The van der Waals surface area contributed by atoms with Gasteiger partial charge in [-0.15, -0.1) is 0 Å². The van der Waals surface area contributed by atoms with Crippen molar-refractivity contribution in [3.05, 3.63) is 35.4 Å². The van der Waals surface area contributed by atoms with Gasteiger partial charge in [0.25, 0.3) is 0 Å². The van der Waals surface area contributed by atoms with Gasteiger partial charge in [0.05, 0.1) is 5.56 Å². The molecule has 0 saturated heterocycles. The van der Waals surface area contributed by atoms with Crippen molar-refractivity contribution in [3.63, 3.8) is 0 Å². The Morgan fingerprint density at radius 2 is 1.88 bits per heavy atom. The number of carbonyl (C=O) groups excluding carboxylic acids is 1. The minimum Gasteiger partial charge on any atom is -0.478 e. The van der Waals surface area contributed by atoms with E-state index in [1.165, 1.54) is 0 Å². The summed E-state index contributed by atoms with van der Waals surface area (Å²) < 4.78 is 0. The van der Waals surface area contributed by atoms with E-state index in [0.717, 1.165) is 5.56 Å². The van der Waals surface area contributed by atoms with Gasteiger partial charge in [-0.3, -0.25) is 4.79 Å². The fourth-order valence-corrected chi connectivity index (χ4v) is 1.49. The Bertz CT molecular complexity index is 394. The molecular formula is C13H16O3. The molecule has 0 atom stereocenters. The fourth-order valence-electron chi connectivity index (χ4n) is 1.49. The quantitative estimate of drug-likeness (QED) is 0.829. The lowest BCUT2D eigenvalue weighted by atomic mass is 9.98. The van der Waals surface area contributed by atoms with Gasteiger partial charge < -0.3 is 5.11 Å². The van der Waals surface area contributed by atoms with Gasteiger partial charge in [0.15, 0.2) is 0 Å². The number of aromatic carboxylic acids is 1. The van der Waals surface area contributed by atoms with Gasteiger partial charge in [-0.25, -0.2) is 4.79 Å². The molecule has 1 aromatic carbocycles. The average molecular weight is 220 g/mol. The summed E-state index contributed by atoms with van der Waals surface area (Å²) in [7, 11) is 0. The van der Waals surface area contributed by atoms with Gasteiger partial charge >= 0.3 is 5.97 Å². The summed E-state index contributed by atoms with van der Waals surface area (Å²) in [5.74, 6) is -0.759. The highest BCUT2D eigenvalue weighted by Gasteiger charge is 2.12. The molecule has 0 radical (unpaired) electrons. The van der Waals surface area contributed by atoms with Crippen molar-refractivity contribution >= 4 is 11.8 Å². The second-order valence-corrected chi connectivity index (χ2v) is 4.08. The van der Waals surface area contributed by atoms with Gasteiger partial charge in [-0.1, -0.05) is 32.0 Å². The summed E-state index contributed by atoms with van der Waals surface area (Å²) in [6.07, 6.45) is 0.904. The van der Waals surface area contributed by atoms with Crippen LogP contribution in [0, 0.1) is 5.92 Å². The van der Waals surface area contributed by atoms with Crippen LogP contribution in [0.4, 0.5) is 0 Å². The average Bonchev–Trinajstić information content (AvgIpc) is 2.25. The topological polar surface area (TPSA) is 54.4 Å². The molecule has 0 fully saturated rings. The summed E-state index contributed by atoms with van der Waals surface area (Å²) in [5.41, 5.74) is 1.02. The molecule has 0 heterocycles. The third-order valence-corrected chi connectivity index (χ3v) is 2.53. The van der Waals surface area contributed by atoms with Crippen molar-refractivity contribution in [3.8, 4) is 0 Å². The summed E-state index contributed by atoms with van der Waals surface area (Å²) >= 11 is 0. The second-order valence-electron chi connectivity index (χ2n) is 4.08. The van der Waals surface area contributed by atoms with E-state index < -0.39 is 5.97 Å². The second kappa shape index (κ2) is 5.45. The monoisotopic (exact) mass is 220 g/mol. The standard InChI is InChI=1S/C13H16O3/c1-9(2)12(14)8-7-10-5-3-4-6-11(10)13(15)16/h3-6,9H,7-8H2,1-2H3,(H,15,16). The van der Waals surface area contributed by atoms with Crippen molar-refractivity contribution in [2.75, 3.05) is 0 Å². The first-order valence-corrected chi connectivity index (χ1v) is 5.36. The third-order valence-electron chi connectivity index (χ3n) is 2.53. The summed E-state index contributed by atoms with van der Waals surface area (Å²) in [6.45, 7) is 3.71. The van der Waals surface area contributed by atoms with E-state index in [9.17, 15) is 9.59 Å². The molecule has 3 heteroatoms. The zero-order valence-electron chi connectivity index (χ0n) is 9.56. The van der Waals surface area contributed by atoms with Gasteiger partial charge in [-0.2, -0.15) is 0 Å². The minimum atomic E-state index is -0.937. The smallest absolute Gasteiger partial charge is 0.335 e. The molecule has 0 aromatic heterocycles. The molecule has 0 bridgehead atoms. The van der Waals surface area contributed by atoms with Gasteiger partial charge in [0.2, 0.25) is 0 Å². The molecule has 0 amide bonds. The molecule has 86 valence electrons. The SMILES string of the molecule is CC(C)C(=O)CCc1ccccc1C(=O)O. The number of carboxylic acid groups (broad SMARTS) is 1. The van der Waals surface area contributed by atoms with Gasteiger partial charge in [0, 0.05) is 12.3 Å².